The van der Waals surface area contributed by atoms with Gasteiger partial charge >= 0.3 is 0 Å². The van der Waals surface area contributed by atoms with Gasteiger partial charge in [-0.25, -0.2) is 0 Å². The van der Waals surface area contributed by atoms with Gasteiger partial charge in [-0.1, -0.05) is 18.2 Å². The van der Waals surface area contributed by atoms with Crippen LogP contribution in [0.4, 0.5) is 0 Å². The van der Waals surface area contributed by atoms with Crippen LogP contribution in [0.25, 0.3) is 0 Å². The molecule has 2 rings (SSSR count). The van der Waals surface area contributed by atoms with Gasteiger partial charge in [0.25, 0.3) is 0 Å². The van der Waals surface area contributed by atoms with E-state index in [9.17, 15) is 0 Å². The van der Waals surface area contributed by atoms with Crippen molar-refractivity contribution in [3.63, 3.8) is 0 Å². The van der Waals surface area contributed by atoms with Crippen LogP contribution in [-0.4, -0.2) is 12.6 Å². The zero-order valence-electron chi connectivity index (χ0n) is 11.1. The molecule has 102 valence electrons. The van der Waals surface area contributed by atoms with E-state index in [0.29, 0.717) is 6.61 Å². The van der Waals surface area contributed by atoms with Gasteiger partial charge in [-0.15, -0.1) is 11.3 Å². The molecule has 0 radical (unpaired) electrons. The fourth-order valence-electron chi connectivity index (χ4n) is 1.94. The zero-order valence-corrected chi connectivity index (χ0v) is 12.0. The summed E-state index contributed by atoms with van der Waals surface area (Å²) in [6.45, 7) is 2.73. The van der Waals surface area contributed by atoms with E-state index >= 15 is 0 Å². The predicted molar refractivity (Wildman–Crippen MR) is 80.4 cm³/mol. The standard InChI is InChI=1S/C15H20N2OS/c1-12-4-2-5-14(10-12)18-8-7-13(17-16)11-15-6-3-9-19-15/h2-6,9-10,13,17H,7-8,11,16H2,1H3. The molecule has 1 atom stereocenters. The second-order valence-corrected chi connectivity index (χ2v) is 5.63. The highest BCUT2D eigenvalue weighted by molar-refractivity contribution is 7.09. The minimum Gasteiger partial charge on any atom is -0.494 e. The van der Waals surface area contributed by atoms with Crippen LogP contribution in [0.5, 0.6) is 5.75 Å². The third kappa shape index (κ3) is 4.67. The summed E-state index contributed by atoms with van der Waals surface area (Å²) < 4.78 is 5.75. The maximum Gasteiger partial charge on any atom is 0.119 e. The molecule has 3 N–H and O–H groups in total. The van der Waals surface area contributed by atoms with Gasteiger partial charge in [-0.2, -0.15) is 0 Å². The lowest BCUT2D eigenvalue weighted by Gasteiger charge is -2.15. The molecule has 1 unspecified atom stereocenters. The van der Waals surface area contributed by atoms with Crippen molar-refractivity contribution in [2.75, 3.05) is 6.61 Å². The Hall–Kier alpha value is -1.36. The highest BCUT2D eigenvalue weighted by atomic mass is 32.1. The highest BCUT2D eigenvalue weighted by Gasteiger charge is 2.08. The number of aryl methyl sites for hydroxylation is 1. The summed E-state index contributed by atoms with van der Waals surface area (Å²) >= 11 is 1.76. The summed E-state index contributed by atoms with van der Waals surface area (Å²) in [6, 6.07) is 12.6. The minimum atomic E-state index is 0.253. The Morgan fingerprint density at radius 1 is 1.32 bits per heavy atom. The summed E-state index contributed by atoms with van der Waals surface area (Å²) in [4.78, 5) is 1.35. The Balaban J connectivity index is 1.77. The van der Waals surface area contributed by atoms with Gasteiger partial charge in [0.2, 0.25) is 0 Å². The summed E-state index contributed by atoms with van der Waals surface area (Å²) in [5.74, 6) is 6.52. The monoisotopic (exact) mass is 276 g/mol. The van der Waals surface area contributed by atoms with Crippen LogP contribution in [0.2, 0.25) is 0 Å². The van der Waals surface area contributed by atoms with E-state index in [-0.39, 0.29) is 6.04 Å². The van der Waals surface area contributed by atoms with E-state index in [2.05, 4.69) is 35.9 Å². The predicted octanol–water partition coefficient (Wildman–Crippen LogP) is 2.90. The van der Waals surface area contributed by atoms with E-state index in [1.54, 1.807) is 11.3 Å². The Bertz CT molecular complexity index is 485. The van der Waals surface area contributed by atoms with Gasteiger partial charge in [0, 0.05) is 10.9 Å². The molecular formula is C15H20N2OS. The number of hydrogen-bond donors (Lipinski definition) is 2. The van der Waals surface area contributed by atoms with Crippen LogP contribution in [0.1, 0.15) is 16.9 Å². The Kier molecular flexibility index (Phi) is 5.39. The van der Waals surface area contributed by atoms with Gasteiger partial charge in [0.15, 0.2) is 0 Å². The SMILES string of the molecule is Cc1cccc(OCCC(Cc2cccs2)NN)c1. The second-order valence-electron chi connectivity index (χ2n) is 4.60. The largest absolute Gasteiger partial charge is 0.494 e. The molecule has 3 nitrogen and oxygen atoms in total. The van der Waals surface area contributed by atoms with Crippen LogP contribution in [-0.2, 0) is 6.42 Å². The van der Waals surface area contributed by atoms with Crippen molar-refractivity contribution < 1.29 is 4.74 Å². The van der Waals surface area contributed by atoms with Crippen LogP contribution in [0.15, 0.2) is 41.8 Å². The van der Waals surface area contributed by atoms with Gasteiger partial charge in [0.05, 0.1) is 6.61 Å². The quantitative estimate of drug-likeness (QED) is 0.604. The van der Waals surface area contributed by atoms with Crippen molar-refractivity contribution in [3.8, 4) is 5.75 Å². The van der Waals surface area contributed by atoms with E-state index in [1.807, 2.05) is 18.2 Å². The molecule has 0 aliphatic rings. The number of nitrogens with one attached hydrogen (secondary N) is 1. The fourth-order valence-corrected chi connectivity index (χ4v) is 2.73. The van der Waals surface area contributed by atoms with Gasteiger partial charge < -0.3 is 4.74 Å². The molecule has 0 saturated heterocycles. The lowest BCUT2D eigenvalue weighted by atomic mass is 10.1. The Morgan fingerprint density at radius 2 is 2.21 bits per heavy atom. The van der Waals surface area contributed by atoms with Crippen molar-refractivity contribution in [1.29, 1.82) is 0 Å². The molecule has 0 aliphatic carbocycles. The number of benzene rings is 1. The average molecular weight is 276 g/mol. The van der Waals surface area contributed by atoms with Gasteiger partial charge in [0.1, 0.15) is 5.75 Å². The Labute approximate surface area is 118 Å². The first-order valence-corrected chi connectivity index (χ1v) is 7.34. The molecule has 0 spiro atoms. The Morgan fingerprint density at radius 3 is 2.89 bits per heavy atom. The first-order valence-electron chi connectivity index (χ1n) is 6.46. The van der Waals surface area contributed by atoms with Crippen LogP contribution < -0.4 is 16.0 Å². The molecule has 0 saturated carbocycles. The van der Waals surface area contributed by atoms with Crippen LogP contribution in [0, 0.1) is 6.92 Å². The zero-order chi connectivity index (χ0) is 13.5. The molecule has 4 heteroatoms. The maximum absolute atomic E-state index is 5.75. The molecule has 1 heterocycles. The van der Waals surface area contributed by atoms with E-state index in [4.69, 9.17) is 10.6 Å². The lowest BCUT2D eigenvalue weighted by Crippen LogP contribution is -2.37. The molecule has 0 fully saturated rings. The summed E-state index contributed by atoms with van der Waals surface area (Å²) in [6.07, 6.45) is 1.84. The van der Waals surface area contributed by atoms with Gasteiger partial charge in [-0.05, 0) is 48.9 Å². The van der Waals surface area contributed by atoms with Crippen molar-refractivity contribution in [1.82, 2.24) is 5.43 Å². The van der Waals surface area contributed by atoms with Crippen LogP contribution >= 0.6 is 11.3 Å². The lowest BCUT2D eigenvalue weighted by molar-refractivity contribution is 0.285. The topological polar surface area (TPSA) is 47.3 Å². The first kappa shape index (κ1) is 14.1. The van der Waals surface area contributed by atoms with Gasteiger partial charge in [-0.3, -0.25) is 11.3 Å². The van der Waals surface area contributed by atoms with Crippen LogP contribution in [0.3, 0.4) is 0 Å². The molecule has 0 amide bonds. The third-order valence-corrected chi connectivity index (χ3v) is 3.89. The normalized spacial score (nSPS) is 12.3. The number of ether oxygens (including phenoxy) is 1. The summed E-state index contributed by atoms with van der Waals surface area (Å²) in [5.41, 5.74) is 4.08. The smallest absolute Gasteiger partial charge is 0.119 e. The second kappa shape index (κ2) is 7.28. The molecule has 0 aliphatic heterocycles. The fraction of sp³-hybridized carbons (Fsp3) is 0.333. The minimum absolute atomic E-state index is 0.253. The number of nitrogens with two attached hydrogens (primary N) is 1. The van der Waals surface area contributed by atoms with Crippen molar-refractivity contribution in [2.24, 2.45) is 5.84 Å². The average Bonchev–Trinajstić information content (AvgIpc) is 2.90. The number of rotatable bonds is 7. The number of hydrazine groups is 1. The molecule has 1 aromatic carbocycles. The molecule has 2 aromatic rings. The summed E-state index contributed by atoms with van der Waals surface area (Å²) in [5, 5.41) is 2.09. The third-order valence-electron chi connectivity index (χ3n) is 2.99. The van der Waals surface area contributed by atoms with E-state index in [1.165, 1.54) is 10.4 Å². The van der Waals surface area contributed by atoms with Crippen molar-refractivity contribution >= 4 is 11.3 Å². The first-order chi connectivity index (χ1) is 9.28. The van der Waals surface area contributed by atoms with E-state index in [0.717, 1.165) is 18.6 Å². The molecule has 1 aromatic heterocycles. The number of hydrogen-bond acceptors (Lipinski definition) is 4. The highest BCUT2D eigenvalue weighted by Crippen LogP contribution is 2.15. The molecule has 19 heavy (non-hydrogen) atoms. The molecule has 0 bridgehead atoms. The van der Waals surface area contributed by atoms with E-state index < -0.39 is 0 Å². The summed E-state index contributed by atoms with van der Waals surface area (Å²) in [7, 11) is 0. The number of thiophene rings is 1. The van der Waals surface area contributed by atoms with Crippen molar-refractivity contribution in [2.45, 2.75) is 25.8 Å². The molecular weight excluding hydrogens is 256 g/mol. The van der Waals surface area contributed by atoms with Crippen molar-refractivity contribution in [3.05, 3.63) is 52.2 Å². The maximum atomic E-state index is 5.75.